The summed E-state index contributed by atoms with van der Waals surface area (Å²) in [6, 6.07) is 3.55. The number of carbonyl (C=O) groups is 7. The highest BCUT2D eigenvalue weighted by molar-refractivity contribution is 9.10. The molecule has 2 amide bonds. The number of aliphatic hydroxyl groups is 1. The van der Waals surface area contributed by atoms with Crippen LogP contribution in [0.15, 0.2) is 46.1 Å². The number of allylic oxidation sites excluding steroid dienone is 2. The fourth-order valence-corrected chi connectivity index (χ4v) is 7.88. The fraction of sp³-hybridized carbons (Fsp3) is 0.591. The zero-order chi connectivity index (χ0) is 46.9. The maximum atomic E-state index is 13.1. The predicted molar refractivity (Wildman–Crippen MR) is 235 cm³/mol. The van der Waals surface area contributed by atoms with Gasteiger partial charge in [0.25, 0.3) is 0 Å². The quantitative estimate of drug-likeness (QED) is 0.0637. The maximum absolute atomic E-state index is 13.1. The van der Waals surface area contributed by atoms with E-state index in [0.29, 0.717) is 85.3 Å². The van der Waals surface area contributed by atoms with E-state index in [0.717, 1.165) is 0 Å². The van der Waals surface area contributed by atoms with E-state index in [1.54, 1.807) is 31.5 Å². The highest BCUT2D eigenvalue weighted by Gasteiger charge is 2.43. The van der Waals surface area contributed by atoms with Crippen molar-refractivity contribution < 1.29 is 62.4 Å². The lowest BCUT2D eigenvalue weighted by molar-refractivity contribution is -0.183. The average molecular weight is 960 g/mol. The minimum absolute atomic E-state index is 0.00181. The van der Waals surface area contributed by atoms with Crippen molar-refractivity contribution in [1.82, 2.24) is 20.2 Å². The molecule has 1 aromatic heterocycles. The molecule has 1 aliphatic carbocycles. The number of aromatic nitrogens is 2. The van der Waals surface area contributed by atoms with Gasteiger partial charge in [-0.05, 0) is 101 Å². The number of nitrogens with one attached hydrogen (secondary N) is 2. The van der Waals surface area contributed by atoms with Crippen molar-refractivity contribution in [3.05, 3.63) is 41.2 Å². The Morgan fingerprint density at radius 1 is 0.891 bits per heavy atom. The number of halogens is 1. The first-order valence-electron chi connectivity index (χ1n) is 21.6. The van der Waals surface area contributed by atoms with Crippen molar-refractivity contribution in [3.8, 4) is 0 Å². The lowest BCUT2D eigenvalue weighted by Crippen LogP contribution is -2.39. The van der Waals surface area contributed by atoms with Crippen LogP contribution in [0.5, 0.6) is 0 Å². The van der Waals surface area contributed by atoms with Crippen LogP contribution in [0.1, 0.15) is 99.3 Å². The molecule has 2 heterocycles. The monoisotopic (exact) mass is 958 g/mol. The number of aliphatic imine (C=N–C) groups is 1. The predicted octanol–water partition coefficient (Wildman–Crippen LogP) is 4.47. The summed E-state index contributed by atoms with van der Waals surface area (Å²) in [5.74, 6) is -4.76. The molecule has 0 bridgehead atoms. The highest BCUT2D eigenvalue weighted by Crippen LogP contribution is 2.40. The molecule has 0 spiro atoms. The van der Waals surface area contributed by atoms with Gasteiger partial charge in [0.05, 0.1) is 40.9 Å². The molecule has 1 aliphatic heterocycles. The SMILES string of the molecule is CCNC(=O)CCC/C=C\C[C@@H]1[C@@H](CC[C@H](C)OC(=O)C(C)OC(=O)C(C)OC(=O)C(C)OC(=O)CCC(=O)N2CCN=C2Nc2ccc3nccnc3c2Br)[C@H](OC(C)=O)C[C@@H]1O. The summed E-state index contributed by atoms with van der Waals surface area (Å²) in [6.07, 6.45) is 3.85. The smallest absolute Gasteiger partial charge is 0.347 e. The number of anilines is 1. The molecule has 0 saturated heterocycles. The Morgan fingerprint density at radius 2 is 1.56 bits per heavy atom. The van der Waals surface area contributed by atoms with Crippen LogP contribution in [0.2, 0.25) is 0 Å². The van der Waals surface area contributed by atoms with Gasteiger partial charge in [-0.1, -0.05) is 12.2 Å². The molecule has 3 unspecified atom stereocenters. The van der Waals surface area contributed by atoms with Gasteiger partial charge in [-0.15, -0.1) is 0 Å². The van der Waals surface area contributed by atoms with Crippen LogP contribution in [0.25, 0.3) is 11.0 Å². The zero-order valence-electron chi connectivity index (χ0n) is 37.1. The van der Waals surface area contributed by atoms with Gasteiger partial charge in [-0.3, -0.25) is 39.0 Å². The minimum Gasteiger partial charge on any atom is -0.462 e. The summed E-state index contributed by atoms with van der Waals surface area (Å²) in [4.78, 5) is 102. The van der Waals surface area contributed by atoms with E-state index in [1.807, 2.05) is 19.1 Å². The third kappa shape index (κ3) is 15.3. The zero-order valence-corrected chi connectivity index (χ0v) is 38.7. The maximum Gasteiger partial charge on any atom is 0.347 e. The molecule has 2 aromatic rings. The molecule has 1 saturated carbocycles. The second kappa shape index (κ2) is 25.1. The summed E-state index contributed by atoms with van der Waals surface area (Å²) in [7, 11) is 0. The van der Waals surface area contributed by atoms with Gasteiger partial charge in [0, 0.05) is 57.6 Å². The first-order chi connectivity index (χ1) is 30.5. The van der Waals surface area contributed by atoms with Gasteiger partial charge < -0.3 is 39.4 Å². The summed E-state index contributed by atoms with van der Waals surface area (Å²) >= 11 is 3.52. The van der Waals surface area contributed by atoms with E-state index in [2.05, 4.69) is 41.5 Å². The number of amides is 2. The molecule has 2 aliphatic rings. The number of ether oxygens (including phenoxy) is 5. The number of fused-ring (bicyclic) bond motifs is 1. The van der Waals surface area contributed by atoms with Crippen LogP contribution >= 0.6 is 15.9 Å². The first kappa shape index (κ1) is 51.1. The summed E-state index contributed by atoms with van der Waals surface area (Å²) in [5.41, 5.74) is 1.92. The van der Waals surface area contributed by atoms with Gasteiger partial charge in [0.1, 0.15) is 11.6 Å². The molecule has 19 nitrogen and oxygen atoms in total. The van der Waals surface area contributed by atoms with Gasteiger partial charge >= 0.3 is 29.8 Å². The number of rotatable bonds is 22. The van der Waals surface area contributed by atoms with Crippen LogP contribution in [-0.4, -0.2) is 124 Å². The van der Waals surface area contributed by atoms with Gasteiger partial charge in [-0.2, -0.15) is 0 Å². The molecular formula is C44H59BrN6O13. The van der Waals surface area contributed by atoms with E-state index >= 15 is 0 Å². The number of carbonyl (C=O) groups excluding carboxylic acids is 7. The molecule has 1 fully saturated rings. The Morgan fingerprint density at radius 3 is 2.25 bits per heavy atom. The van der Waals surface area contributed by atoms with Crippen LogP contribution < -0.4 is 10.6 Å². The van der Waals surface area contributed by atoms with Crippen molar-refractivity contribution >= 4 is 80.3 Å². The molecule has 3 N–H and O–H groups in total. The molecule has 64 heavy (non-hydrogen) atoms. The summed E-state index contributed by atoms with van der Waals surface area (Å²) in [5, 5.41) is 16.8. The molecule has 0 radical (unpaired) electrons. The van der Waals surface area contributed by atoms with Crippen molar-refractivity contribution in [3.63, 3.8) is 0 Å². The number of guanidine groups is 1. The van der Waals surface area contributed by atoms with E-state index in [4.69, 9.17) is 23.7 Å². The molecule has 20 heteroatoms. The van der Waals surface area contributed by atoms with Crippen LogP contribution in [0.3, 0.4) is 0 Å². The molecule has 4 rings (SSSR count). The van der Waals surface area contributed by atoms with Crippen LogP contribution in [-0.2, 0) is 57.2 Å². The lowest BCUT2D eigenvalue weighted by atomic mass is 9.86. The summed E-state index contributed by atoms with van der Waals surface area (Å²) in [6.45, 7) is 9.86. The first-order valence-corrected chi connectivity index (χ1v) is 22.4. The molecule has 350 valence electrons. The van der Waals surface area contributed by atoms with Crippen LogP contribution in [0.4, 0.5) is 5.69 Å². The number of nitrogens with zero attached hydrogens (tertiary/aromatic N) is 4. The van der Waals surface area contributed by atoms with Gasteiger partial charge in [0.2, 0.25) is 17.8 Å². The number of aliphatic hydroxyl groups excluding tert-OH is 1. The largest absolute Gasteiger partial charge is 0.462 e. The van der Waals surface area contributed by atoms with E-state index in [-0.39, 0.29) is 37.0 Å². The normalized spacial score (nSPS) is 20.1. The number of hydrogen-bond acceptors (Lipinski definition) is 17. The third-order valence-electron chi connectivity index (χ3n) is 10.7. The molecule has 1 aromatic carbocycles. The number of unbranched alkanes of at least 4 members (excludes halogenated alkanes) is 1. The van der Waals surface area contributed by atoms with E-state index in [9.17, 15) is 38.7 Å². The fourth-order valence-electron chi connectivity index (χ4n) is 7.35. The lowest BCUT2D eigenvalue weighted by Gasteiger charge is -2.26. The van der Waals surface area contributed by atoms with Crippen molar-refractivity contribution in [1.29, 1.82) is 0 Å². The Labute approximate surface area is 380 Å². The number of esters is 5. The Bertz CT molecular complexity index is 2050. The molecular weight excluding hydrogens is 900 g/mol. The second-order valence-electron chi connectivity index (χ2n) is 15.7. The minimum atomic E-state index is -1.48. The van der Waals surface area contributed by atoms with Crippen molar-refractivity contribution in [2.24, 2.45) is 16.8 Å². The van der Waals surface area contributed by atoms with E-state index < -0.39 is 72.4 Å². The van der Waals surface area contributed by atoms with Gasteiger partial charge in [0.15, 0.2) is 18.3 Å². The van der Waals surface area contributed by atoms with E-state index in [1.165, 1.54) is 32.6 Å². The Hall–Kier alpha value is -5.50. The Kier molecular flexibility index (Phi) is 20.1. The number of benzene rings is 1. The third-order valence-corrected chi connectivity index (χ3v) is 11.5. The standard InChI is InChI=1S/C44H59BrN6O13/c1-7-46-36(54)13-11-9-8-10-12-30-31(35(24-34(30)53)64-29(6)52)15-14-25(2)60-41(57)27(4)62-43(59)28(5)63-42(58)26(3)61-38(56)19-18-37(55)51-23-22-49-44(51)50-32-16-17-33-40(39(32)45)48-21-20-47-33/h8,10,16-17,20-21,25-28,30-31,34-35,53H,7,9,11-15,18-19,22-24H2,1-6H3,(H,46,54)(H,49,50)/b10-8-/t25-,26?,27?,28?,30+,31+,34-,35+/m0/s1. The highest BCUT2D eigenvalue weighted by atomic mass is 79.9. The summed E-state index contributed by atoms with van der Waals surface area (Å²) < 4.78 is 27.2. The van der Waals surface area contributed by atoms with Crippen molar-refractivity contribution in [2.45, 2.75) is 136 Å². The van der Waals surface area contributed by atoms with Crippen molar-refractivity contribution in [2.75, 3.05) is 25.0 Å². The topological polar surface area (TPSA) is 251 Å². The Balaban J connectivity index is 1.17. The second-order valence-corrected chi connectivity index (χ2v) is 16.5. The number of hydrogen-bond donors (Lipinski definition) is 3. The van der Waals surface area contributed by atoms with Gasteiger partial charge in [-0.25, -0.2) is 14.4 Å². The average Bonchev–Trinajstić information content (AvgIpc) is 3.83. The van der Waals surface area contributed by atoms with Crippen LogP contribution in [0, 0.1) is 11.8 Å². The molecule has 8 atom stereocenters.